The van der Waals surface area contributed by atoms with Crippen molar-refractivity contribution in [3.8, 4) is 11.3 Å². The number of nitrogens with two attached hydrogens (primary N) is 1. The Labute approximate surface area is 151 Å². The van der Waals surface area contributed by atoms with Crippen LogP contribution in [0.25, 0.3) is 22.2 Å². The first-order valence-electron chi connectivity index (χ1n) is 9.30. The predicted molar refractivity (Wildman–Crippen MR) is 103 cm³/mol. The third-order valence-electron chi connectivity index (χ3n) is 5.99. The van der Waals surface area contributed by atoms with Crippen LogP contribution >= 0.6 is 0 Å². The van der Waals surface area contributed by atoms with Crippen LogP contribution < -0.4 is 11.1 Å². The van der Waals surface area contributed by atoms with E-state index in [1.165, 1.54) is 0 Å². The number of hydrogen-bond acceptors (Lipinski definition) is 5. The van der Waals surface area contributed by atoms with Gasteiger partial charge in [-0.2, -0.15) is 5.10 Å². The molecule has 0 radical (unpaired) electrons. The Morgan fingerprint density at radius 2 is 1.88 bits per heavy atom. The molecule has 0 aliphatic heterocycles. The highest BCUT2D eigenvalue weighted by molar-refractivity contribution is 5.95. The summed E-state index contributed by atoms with van der Waals surface area (Å²) in [6, 6.07) is 10.5. The fourth-order valence-corrected chi connectivity index (χ4v) is 4.87. The Bertz CT molecular complexity index is 925. The van der Waals surface area contributed by atoms with Gasteiger partial charge < -0.3 is 16.2 Å². The standard InChI is InChI=1S/C20H23N5O/c21-20-10-19(23-14-5-12-7-15(26)8-13(12)6-14)16-2-1-11(9-18(16)24-20)17-3-4-22-25-17/h1-4,9-10,12-15,26H,5-8H2,(H,22,25)(H3,21,23,24)/t12-,13+,14+,15?. The summed E-state index contributed by atoms with van der Waals surface area (Å²) in [5, 5.41) is 21.6. The fourth-order valence-electron chi connectivity index (χ4n) is 4.87. The molecule has 2 aliphatic rings. The van der Waals surface area contributed by atoms with Crippen LogP contribution in [-0.2, 0) is 0 Å². The monoisotopic (exact) mass is 349 g/mol. The van der Waals surface area contributed by atoms with Gasteiger partial charge in [-0.1, -0.05) is 12.1 Å². The van der Waals surface area contributed by atoms with E-state index in [1.807, 2.05) is 18.2 Å². The lowest BCUT2D eigenvalue weighted by Crippen LogP contribution is -2.18. The Morgan fingerprint density at radius 1 is 1.08 bits per heavy atom. The van der Waals surface area contributed by atoms with Crippen molar-refractivity contribution in [2.45, 2.75) is 37.8 Å². The van der Waals surface area contributed by atoms with Gasteiger partial charge in [0.1, 0.15) is 5.82 Å². The van der Waals surface area contributed by atoms with Crippen molar-refractivity contribution in [3.63, 3.8) is 0 Å². The van der Waals surface area contributed by atoms with Crippen LogP contribution in [-0.4, -0.2) is 32.4 Å². The summed E-state index contributed by atoms with van der Waals surface area (Å²) in [4.78, 5) is 4.52. The molecular weight excluding hydrogens is 326 g/mol. The second kappa shape index (κ2) is 5.99. The van der Waals surface area contributed by atoms with Crippen molar-refractivity contribution in [2.75, 3.05) is 11.1 Å². The molecule has 1 aromatic carbocycles. The zero-order chi connectivity index (χ0) is 17.7. The molecule has 2 fully saturated rings. The van der Waals surface area contributed by atoms with Gasteiger partial charge in [-0.15, -0.1) is 0 Å². The van der Waals surface area contributed by atoms with E-state index in [2.05, 4.69) is 32.6 Å². The van der Waals surface area contributed by atoms with Crippen molar-refractivity contribution in [3.05, 3.63) is 36.5 Å². The molecule has 4 atom stereocenters. The van der Waals surface area contributed by atoms with Crippen molar-refractivity contribution in [1.29, 1.82) is 0 Å². The summed E-state index contributed by atoms with van der Waals surface area (Å²) in [5.41, 5.74) is 10.0. The highest BCUT2D eigenvalue weighted by Crippen LogP contribution is 2.45. The van der Waals surface area contributed by atoms with Crippen LogP contribution in [0.5, 0.6) is 0 Å². The first kappa shape index (κ1) is 15.6. The van der Waals surface area contributed by atoms with E-state index >= 15 is 0 Å². The lowest BCUT2D eigenvalue weighted by Gasteiger charge is -2.18. The quantitative estimate of drug-likeness (QED) is 0.582. The number of hydrogen-bond donors (Lipinski definition) is 4. The van der Waals surface area contributed by atoms with Gasteiger partial charge >= 0.3 is 0 Å². The van der Waals surface area contributed by atoms with Crippen molar-refractivity contribution in [1.82, 2.24) is 15.2 Å². The molecule has 2 aliphatic carbocycles. The van der Waals surface area contributed by atoms with Crippen LogP contribution in [0, 0.1) is 11.8 Å². The maximum absolute atomic E-state index is 9.84. The van der Waals surface area contributed by atoms with Crippen LogP contribution in [0.1, 0.15) is 25.7 Å². The smallest absolute Gasteiger partial charge is 0.126 e. The second-order valence-electron chi connectivity index (χ2n) is 7.75. The van der Waals surface area contributed by atoms with Gasteiger partial charge in [-0.05, 0) is 49.7 Å². The number of pyridine rings is 1. The zero-order valence-electron chi connectivity index (χ0n) is 14.5. The van der Waals surface area contributed by atoms with E-state index in [-0.39, 0.29) is 6.10 Å². The average Bonchev–Trinajstić information content (AvgIpc) is 3.30. The summed E-state index contributed by atoms with van der Waals surface area (Å²) >= 11 is 0. The van der Waals surface area contributed by atoms with Crippen molar-refractivity contribution >= 4 is 22.4 Å². The van der Waals surface area contributed by atoms with Gasteiger partial charge in [0.2, 0.25) is 0 Å². The Balaban J connectivity index is 1.44. The summed E-state index contributed by atoms with van der Waals surface area (Å²) < 4.78 is 0. The molecule has 1 unspecified atom stereocenters. The molecule has 0 spiro atoms. The minimum absolute atomic E-state index is 0.0933. The largest absolute Gasteiger partial charge is 0.393 e. The fraction of sp³-hybridized carbons (Fsp3) is 0.400. The number of aliphatic hydroxyl groups excluding tert-OH is 1. The third-order valence-corrected chi connectivity index (χ3v) is 5.99. The number of nitrogens with zero attached hydrogens (tertiary/aromatic N) is 2. The molecule has 0 bridgehead atoms. The van der Waals surface area contributed by atoms with Crippen molar-refractivity contribution in [2.24, 2.45) is 11.8 Å². The van der Waals surface area contributed by atoms with Crippen LogP contribution in [0.15, 0.2) is 36.5 Å². The molecule has 134 valence electrons. The van der Waals surface area contributed by atoms with E-state index in [0.29, 0.717) is 23.7 Å². The first-order valence-corrected chi connectivity index (χ1v) is 9.30. The van der Waals surface area contributed by atoms with Gasteiger partial charge in [0.25, 0.3) is 0 Å². The molecule has 5 rings (SSSR count). The highest BCUT2D eigenvalue weighted by Gasteiger charge is 2.41. The summed E-state index contributed by atoms with van der Waals surface area (Å²) in [6.07, 6.45) is 5.80. The molecule has 26 heavy (non-hydrogen) atoms. The predicted octanol–water partition coefficient (Wildman–Crippen LogP) is 3.17. The molecular formula is C20H23N5O. The van der Waals surface area contributed by atoms with E-state index in [9.17, 15) is 5.11 Å². The SMILES string of the molecule is Nc1cc(N[C@@H]2C[C@H]3CC(O)C[C@H]3C2)c2ccc(-c3ccn[nH]3)cc2n1. The lowest BCUT2D eigenvalue weighted by atomic mass is 10.0. The Hall–Kier alpha value is -2.60. The number of rotatable bonds is 3. The van der Waals surface area contributed by atoms with E-state index in [1.54, 1.807) is 6.20 Å². The van der Waals surface area contributed by atoms with Crippen LogP contribution in [0.3, 0.4) is 0 Å². The van der Waals surface area contributed by atoms with Crippen LogP contribution in [0.4, 0.5) is 11.5 Å². The van der Waals surface area contributed by atoms with E-state index in [0.717, 1.165) is 53.5 Å². The topological polar surface area (TPSA) is 99.9 Å². The normalized spacial score (nSPS) is 27.7. The minimum Gasteiger partial charge on any atom is -0.393 e. The first-order chi connectivity index (χ1) is 12.7. The molecule has 0 saturated heterocycles. The van der Waals surface area contributed by atoms with Gasteiger partial charge in [0, 0.05) is 34.9 Å². The zero-order valence-corrected chi connectivity index (χ0v) is 14.5. The molecule has 6 nitrogen and oxygen atoms in total. The summed E-state index contributed by atoms with van der Waals surface area (Å²) in [5.74, 6) is 1.83. The number of aromatic amines is 1. The lowest BCUT2D eigenvalue weighted by molar-refractivity contribution is 0.171. The minimum atomic E-state index is -0.0933. The Morgan fingerprint density at radius 3 is 2.62 bits per heavy atom. The number of fused-ring (bicyclic) bond motifs is 2. The third kappa shape index (κ3) is 2.70. The second-order valence-corrected chi connectivity index (χ2v) is 7.75. The van der Waals surface area contributed by atoms with Crippen LogP contribution in [0.2, 0.25) is 0 Å². The molecule has 2 aromatic heterocycles. The number of nitrogens with one attached hydrogen (secondary N) is 2. The van der Waals surface area contributed by atoms with Crippen molar-refractivity contribution < 1.29 is 5.11 Å². The molecule has 6 heteroatoms. The number of H-pyrrole nitrogens is 1. The number of nitrogen functional groups attached to an aromatic ring is 1. The summed E-state index contributed by atoms with van der Waals surface area (Å²) in [7, 11) is 0. The summed E-state index contributed by atoms with van der Waals surface area (Å²) in [6.45, 7) is 0. The van der Waals surface area contributed by atoms with E-state index < -0.39 is 0 Å². The molecule has 2 heterocycles. The number of anilines is 2. The molecule has 0 amide bonds. The molecule has 3 aromatic rings. The van der Waals surface area contributed by atoms with E-state index in [4.69, 9.17) is 5.73 Å². The maximum atomic E-state index is 9.84. The highest BCUT2D eigenvalue weighted by atomic mass is 16.3. The Kier molecular flexibility index (Phi) is 3.60. The maximum Gasteiger partial charge on any atom is 0.126 e. The van der Waals surface area contributed by atoms with Gasteiger partial charge in [0.05, 0.1) is 17.3 Å². The molecule has 2 saturated carbocycles. The van der Waals surface area contributed by atoms with Gasteiger partial charge in [-0.25, -0.2) is 4.98 Å². The van der Waals surface area contributed by atoms with Gasteiger partial charge in [0.15, 0.2) is 0 Å². The number of aliphatic hydroxyl groups is 1. The van der Waals surface area contributed by atoms with Gasteiger partial charge in [-0.3, -0.25) is 5.10 Å². The number of aromatic nitrogens is 3. The number of benzene rings is 1. The average molecular weight is 349 g/mol. The molecule has 5 N–H and O–H groups in total.